The fourth-order valence-electron chi connectivity index (χ4n) is 0.700. The van der Waals surface area contributed by atoms with E-state index >= 15 is 0 Å². The van der Waals surface area contributed by atoms with Gasteiger partial charge in [-0.3, -0.25) is 0 Å². The van der Waals surface area contributed by atoms with E-state index in [0.29, 0.717) is 6.61 Å². The van der Waals surface area contributed by atoms with Crippen LogP contribution in [0.4, 0.5) is 0 Å². The maximum Gasteiger partial charge on any atom is 0 e. The zero-order valence-electron chi connectivity index (χ0n) is 13.8. The smallest absolute Gasteiger partial charge is 0 e. The molecule has 0 saturated heterocycles. The monoisotopic (exact) mass is 442 g/mol. The molecule has 0 amide bonds. The van der Waals surface area contributed by atoms with Crippen molar-refractivity contribution < 1.29 is 70.9 Å². The second-order valence-corrected chi connectivity index (χ2v) is 2.58. The molecule has 0 aromatic heterocycles. The second-order valence-electron chi connectivity index (χ2n) is 2.58. The Labute approximate surface area is 169 Å². The number of ether oxygens (including phenoxy) is 2. The Morgan fingerprint density at radius 1 is 0.720 bits per heavy atom. The van der Waals surface area contributed by atoms with Gasteiger partial charge in [0.25, 0.3) is 0 Å². The molecule has 0 aromatic carbocycles. The predicted molar refractivity (Wildman–Crippen MR) is 68.9 cm³/mol. The van der Waals surface area contributed by atoms with E-state index in [9.17, 15) is 0 Å². The van der Waals surface area contributed by atoms with Gasteiger partial charge in [-0.2, -0.15) is 0 Å². The minimum atomic E-state index is 0. The van der Waals surface area contributed by atoms with Crippen LogP contribution < -0.4 is 0 Å². The van der Waals surface area contributed by atoms with Crippen molar-refractivity contribution in [3.05, 3.63) is 39.9 Å². The van der Waals surface area contributed by atoms with Gasteiger partial charge in [0.05, 0.1) is 6.10 Å². The van der Waals surface area contributed by atoms with Crippen LogP contribution in [-0.2, 0) is 70.9 Å². The molecule has 10 heteroatoms. The maximum absolute atomic E-state index is 7.50. The molecule has 0 fully saturated rings. The third-order valence-corrected chi connectivity index (χ3v) is 0.998. The van der Waals surface area contributed by atoms with Crippen LogP contribution in [0.5, 0.6) is 0 Å². The number of methoxy groups -OCH3 is 1. The average Bonchev–Trinajstić information content (AvgIpc) is 2.65. The first-order valence-corrected chi connectivity index (χ1v) is 5.02. The van der Waals surface area contributed by atoms with Gasteiger partial charge < -0.3 is 9.47 Å². The Hall–Kier alpha value is -1.07. The number of rotatable bonds is 3. The predicted octanol–water partition coefficient (Wildman–Crippen LogP) is 1.22. The van der Waals surface area contributed by atoms with E-state index in [0.717, 1.165) is 0 Å². The first-order valence-electron chi connectivity index (χ1n) is 5.02. The van der Waals surface area contributed by atoms with Gasteiger partial charge in [0.1, 0.15) is 12.7 Å². The van der Waals surface area contributed by atoms with Gasteiger partial charge >= 0.3 is 67.8 Å². The van der Waals surface area contributed by atoms with E-state index in [2.05, 4.69) is 51.7 Å². The van der Waals surface area contributed by atoms with E-state index in [4.69, 9.17) is 37.4 Å². The molecule has 0 aliphatic heterocycles. The summed E-state index contributed by atoms with van der Waals surface area (Å²) in [6.45, 7) is 33.4. The van der Waals surface area contributed by atoms with Crippen molar-refractivity contribution in [1.82, 2.24) is 0 Å². The molecular formula is C15H16Co2O8. The summed E-state index contributed by atoms with van der Waals surface area (Å²) < 4.78 is 55.1. The topological polar surface area (TPSA) is 138 Å². The summed E-state index contributed by atoms with van der Waals surface area (Å²) in [6.07, 6.45) is 0.243. The van der Waals surface area contributed by atoms with Crippen LogP contribution in [0.2, 0.25) is 0 Å². The summed E-state index contributed by atoms with van der Waals surface area (Å²) in [4.78, 5) is 0. The van der Waals surface area contributed by atoms with Gasteiger partial charge in [0, 0.05) is 40.7 Å². The van der Waals surface area contributed by atoms with Crippen molar-refractivity contribution in [2.75, 3.05) is 13.7 Å². The van der Waals surface area contributed by atoms with Crippen LogP contribution in [0.3, 0.4) is 0 Å². The molecule has 142 valence electrons. The molecule has 2 radical (unpaired) electrons. The first kappa shape index (κ1) is 56.4. The van der Waals surface area contributed by atoms with Gasteiger partial charge in [-0.05, 0) is 20.8 Å². The molecule has 0 spiro atoms. The van der Waals surface area contributed by atoms with Gasteiger partial charge in [-0.25, -0.2) is 0 Å². The van der Waals surface area contributed by atoms with E-state index in [1.165, 1.54) is 0 Å². The van der Waals surface area contributed by atoms with Crippen LogP contribution in [0.25, 0.3) is 0 Å². The molecule has 1 unspecified atom stereocenters. The first-order chi connectivity index (χ1) is 11.2. The van der Waals surface area contributed by atoms with Crippen LogP contribution in [-0.4, -0.2) is 25.9 Å². The Balaban J connectivity index is -0.0000000223. The summed E-state index contributed by atoms with van der Waals surface area (Å²) in [5, 5.41) is 0. The van der Waals surface area contributed by atoms with Gasteiger partial charge in [0.2, 0.25) is 0 Å². The van der Waals surface area contributed by atoms with Crippen molar-refractivity contribution in [2.45, 2.75) is 33.0 Å². The third kappa shape index (κ3) is 160. The third-order valence-electron chi connectivity index (χ3n) is 0.998. The molecule has 0 rings (SSSR count). The quantitative estimate of drug-likeness (QED) is 0.369. The number of hydrogen-bond donors (Lipinski definition) is 0. The van der Waals surface area contributed by atoms with Gasteiger partial charge in [-0.15, -0.1) is 0 Å². The fraction of sp³-hybridized carbons (Fsp3) is 0.467. The van der Waals surface area contributed by atoms with Crippen molar-refractivity contribution in [3.63, 3.8) is 0 Å². The van der Waals surface area contributed by atoms with Crippen molar-refractivity contribution in [2.24, 2.45) is 0 Å². The van der Waals surface area contributed by atoms with Crippen molar-refractivity contribution >= 4 is 0 Å². The molecule has 0 heterocycles. The van der Waals surface area contributed by atoms with Crippen LogP contribution in [0, 0.1) is 51.7 Å². The Morgan fingerprint density at radius 3 is 1.20 bits per heavy atom. The van der Waals surface area contributed by atoms with E-state index in [1.54, 1.807) is 7.11 Å². The van der Waals surface area contributed by atoms with Gasteiger partial charge in [0.15, 0.2) is 0 Å². The van der Waals surface area contributed by atoms with Crippen LogP contribution >= 0.6 is 0 Å². The fourth-order valence-corrected chi connectivity index (χ4v) is 0.700. The molecule has 0 aliphatic carbocycles. The molecule has 0 saturated carbocycles. The second kappa shape index (κ2) is 112. The molecule has 0 N–H and O–H groups in total. The van der Waals surface area contributed by atoms with E-state index in [1.807, 2.05) is 20.8 Å². The van der Waals surface area contributed by atoms with Crippen LogP contribution in [0.15, 0.2) is 0 Å². The normalized spacial score (nSPS) is 5.96. The van der Waals surface area contributed by atoms with E-state index in [-0.39, 0.29) is 45.8 Å². The SMILES string of the molecule is COCC#CC(C)OC(C)C.[C-]#[O+].[C-]#[O+].[C-]#[O+].[C-]#[O+].[C-]#[O+].[C-]#[O+].[Co].[Co]. The summed E-state index contributed by atoms with van der Waals surface area (Å²) in [6, 6.07) is 0. The molecule has 0 bridgehead atoms. The zero-order valence-corrected chi connectivity index (χ0v) is 15.9. The average molecular weight is 442 g/mol. The molecular weight excluding hydrogens is 426 g/mol. The molecule has 0 aliphatic rings. The minimum Gasteiger partial charge on any atom is 0 e. The minimum absolute atomic E-state index is 0. The molecule has 1 atom stereocenters. The van der Waals surface area contributed by atoms with E-state index < -0.39 is 0 Å². The Bertz CT molecular complexity index is 312. The van der Waals surface area contributed by atoms with Gasteiger partial charge in [-0.1, -0.05) is 11.8 Å². The Kier molecular flexibility index (Phi) is 252. The number of hydrogen-bond acceptors (Lipinski definition) is 2. The zero-order chi connectivity index (χ0) is 20.7. The molecule has 25 heavy (non-hydrogen) atoms. The van der Waals surface area contributed by atoms with Crippen molar-refractivity contribution in [1.29, 1.82) is 0 Å². The standard InChI is InChI=1S/C9H16O2.6CO.2Co/c1-8(2)11-9(3)6-5-7-10-4;6*1-2;;/h8-9H,7H2,1-4H3;;;;;;;;. The summed E-state index contributed by atoms with van der Waals surface area (Å²) >= 11 is 0. The van der Waals surface area contributed by atoms with Crippen LogP contribution in [0.1, 0.15) is 20.8 Å². The summed E-state index contributed by atoms with van der Waals surface area (Å²) in [5.74, 6) is 5.76. The maximum atomic E-state index is 7.50. The summed E-state index contributed by atoms with van der Waals surface area (Å²) in [7, 11) is 1.63. The largest absolute Gasteiger partial charge is 0 e. The Morgan fingerprint density at radius 2 is 1.00 bits per heavy atom. The molecule has 0 aromatic rings. The molecule has 8 nitrogen and oxygen atoms in total. The van der Waals surface area contributed by atoms with Crippen molar-refractivity contribution in [3.8, 4) is 11.8 Å². The summed E-state index contributed by atoms with van der Waals surface area (Å²) in [5.41, 5.74) is 0.